The number of fused-ring (bicyclic) bond motifs is 1. The minimum absolute atomic E-state index is 0.0430. The molecule has 0 spiro atoms. The van der Waals surface area contributed by atoms with E-state index in [1.54, 1.807) is 12.1 Å². The molecule has 3 heterocycles. The SMILES string of the molecule is CC(CN)Oc1cccc(-c2cccc(CNCCC3CN(c4ccc5c(n4)NC(=O)CO5)C(=O)O3)c2)c1. The molecule has 1 aromatic heterocycles. The Hall–Kier alpha value is -4.15. The first-order valence-corrected chi connectivity index (χ1v) is 12.7. The third kappa shape index (κ3) is 6.04. The number of hydrogen-bond donors (Lipinski definition) is 3. The number of pyridine rings is 1. The fourth-order valence-electron chi connectivity index (χ4n) is 4.35. The van der Waals surface area contributed by atoms with Crippen LogP contribution in [0, 0.1) is 0 Å². The van der Waals surface area contributed by atoms with Gasteiger partial charge in [-0.25, -0.2) is 9.78 Å². The molecule has 2 amide bonds. The number of benzene rings is 2. The van der Waals surface area contributed by atoms with E-state index in [2.05, 4.69) is 39.9 Å². The molecule has 10 heteroatoms. The van der Waals surface area contributed by atoms with Crippen molar-refractivity contribution in [3.05, 3.63) is 66.2 Å². The van der Waals surface area contributed by atoms with Crippen molar-refractivity contribution < 1.29 is 23.8 Å². The van der Waals surface area contributed by atoms with Crippen LogP contribution in [0.5, 0.6) is 11.5 Å². The molecule has 3 aromatic rings. The average molecular weight is 518 g/mol. The normalized spacial score (nSPS) is 17.3. The van der Waals surface area contributed by atoms with E-state index in [4.69, 9.17) is 19.9 Å². The Morgan fingerprint density at radius 2 is 1.97 bits per heavy atom. The Labute approximate surface area is 221 Å². The molecule has 0 saturated carbocycles. The van der Waals surface area contributed by atoms with Gasteiger partial charge in [-0.1, -0.05) is 30.3 Å². The molecular weight excluding hydrogens is 486 g/mol. The summed E-state index contributed by atoms with van der Waals surface area (Å²) in [5.41, 5.74) is 9.01. The number of nitrogens with two attached hydrogens (primary N) is 1. The fraction of sp³-hybridized carbons (Fsp3) is 0.321. The van der Waals surface area contributed by atoms with Crippen LogP contribution in [-0.4, -0.2) is 55.4 Å². The summed E-state index contributed by atoms with van der Waals surface area (Å²) >= 11 is 0. The van der Waals surface area contributed by atoms with E-state index < -0.39 is 6.09 Å². The van der Waals surface area contributed by atoms with Crippen LogP contribution in [0.2, 0.25) is 0 Å². The molecule has 1 saturated heterocycles. The number of rotatable bonds is 10. The lowest BCUT2D eigenvalue weighted by Crippen LogP contribution is -2.29. The van der Waals surface area contributed by atoms with Crippen LogP contribution < -0.4 is 30.7 Å². The number of cyclic esters (lactones) is 1. The average Bonchev–Trinajstić information content (AvgIpc) is 3.31. The molecule has 2 aromatic carbocycles. The zero-order chi connectivity index (χ0) is 26.5. The lowest BCUT2D eigenvalue weighted by atomic mass is 10.0. The molecular formula is C28H31N5O5. The van der Waals surface area contributed by atoms with E-state index in [9.17, 15) is 9.59 Å². The molecule has 2 aliphatic rings. The summed E-state index contributed by atoms with van der Waals surface area (Å²) < 4.78 is 16.7. The van der Waals surface area contributed by atoms with Gasteiger partial charge in [-0.3, -0.25) is 9.69 Å². The molecule has 0 radical (unpaired) electrons. The molecule has 4 N–H and O–H groups in total. The molecule has 1 fully saturated rings. The number of hydrogen-bond acceptors (Lipinski definition) is 8. The van der Waals surface area contributed by atoms with Gasteiger partial charge < -0.3 is 30.6 Å². The lowest BCUT2D eigenvalue weighted by molar-refractivity contribution is -0.118. The smallest absolute Gasteiger partial charge is 0.415 e. The van der Waals surface area contributed by atoms with E-state index in [1.807, 2.05) is 31.2 Å². The molecule has 0 bridgehead atoms. The first-order valence-electron chi connectivity index (χ1n) is 12.7. The highest BCUT2D eigenvalue weighted by Crippen LogP contribution is 2.30. The van der Waals surface area contributed by atoms with Gasteiger partial charge in [0.15, 0.2) is 18.2 Å². The highest BCUT2D eigenvalue weighted by Gasteiger charge is 2.33. The fourth-order valence-corrected chi connectivity index (χ4v) is 4.35. The second-order valence-electron chi connectivity index (χ2n) is 9.33. The molecule has 2 aliphatic heterocycles. The van der Waals surface area contributed by atoms with Crippen LogP contribution in [0.25, 0.3) is 11.1 Å². The highest BCUT2D eigenvalue weighted by atomic mass is 16.6. The van der Waals surface area contributed by atoms with Gasteiger partial charge in [0, 0.05) is 13.1 Å². The van der Waals surface area contributed by atoms with Crippen molar-refractivity contribution in [2.75, 3.05) is 36.5 Å². The number of carbonyl (C=O) groups is 2. The van der Waals surface area contributed by atoms with Crippen molar-refractivity contribution in [2.24, 2.45) is 5.73 Å². The minimum Gasteiger partial charge on any atom is -0.489 e. The molecule has 10 nitrogen and oxygen atoms in total. The van der Waals surface area contributed by atoms with Crippen molar-refractivity contribution in [2.45, 2.75) is 32.1 Å². The van der Waals surface area contributed by atoms with Gasteiger partial charge in [0.25, 0.3) is 5.91 Å². The molecule has 38 heavy (non-hydrogen) atoms. The van der Waals surface area contributed by atoms with Crippen molar-refractivity contribution in [3.63, 3.8) is 0 Å². The van der Waals surface area contributed by atoms with Gasteiger partial charge in [-0.05, 0) is 66.9 Å². The minimum atomic E-state index is -0.453. The number of aromatic nitrogens is 1. The van der Waals surface area contributed by atoms with Gasteiger partial charge in [0.05, 0.1) is 6.54 Å². The standard InChI is InChI=1S/C28H31N5O5/c1-18(14-29)37-22-7-3-6-21(13-22)20-5-2-4-19(12-20)15-30-11-10-23-16-33(28(35)38-23)25-9-8-24-27(31-25)32-26(34)17-36-24/h2-9,12-13,18,23,30H,10-11,14-17,29H2,1H3,(H,31,32,34). The number of ether oxygens (including phenoxy) is 3. The predicted molar refractivity (Wildman–Crippen MR) is 143 cm³/mol. The van der Waals surface area contributed by atoms with E-state index in [1.165, 1.54) is 4.90 Å². The maximum absolute atomic E-state index is 12.5. The van der Waals surface area contributed by atoms with Crippen LogP contribution in [-0.2, 0) is 16.1 Å². The van der Waals surface area contributed by atoms with Gasteiger partial charge in [-0.15, -0.1) is 0 Å². The largest absolute Gasteiger partial charge is 0.489 e. The lowest BCUT2D eigenvalue weighted by Gasteiger charge is -2.19. The third-order valence-electron chi connectivity index (χ3n) is 6.35. The third-order valence-corrected chi connectivity index (χ3v) is 6.35. The van der Waals surface area contributed by atoms with E-state index in [0.717, 1.165) is 22.4 Å². The molecule has 198 valence electrons. The van der Waals surface area contributed by atoms with Crippen LogP contribution in [0.15, 0.2) is 60.7 Å². The summed E-state index contributed by atoms with van der Waals surface area (Å²) in [6.45, 7) is 4.11. The highest BCUT2D eigenvalue weighted by molar-refractivity contribution is 5.95. The quantitative estimate of drug-likeness (QED) is 0.350. The van der Waals surface area contributed by atoms with Crippen LogP contribution in [0.3, 0.4) is 0 Å². The number of nitrogens with one attached hydrogen (secondary N) is 2. The van der Waals surface area contributed by atoms with E-state index in [-0.39, 0.29) is 24.7 Å². The van der Waals surface area contributed by atoms with Gasteiger partial charge >= 0.3 is 6.09 Å². The Morgan fingerprint density at radius 3 is 2.82 bits per heavy atom. The summed E-state index contributed by atoms with van der Waals surface area (Å²) in [7, 11) is 0. The topological polar surface area (TPSA) is 128 Å². The Morgan fingerprint density at radius 1 is 1.16 bits per heavy atom. The number of amides is 2. The maximum atomic E-state index is 12.5. The van der Waals surface area contributed by atoms with Crippen LogP contribution in [0.4, 0.5) is 16.4 Å². The Bertz CT molecular complexity index is 1320. The summed E-state index contributed by atoms with van der Waals surface area (Å²) in [6, 6.07) is 19.7. The molecule has 2 atom stereocenters. The van der Waals surface area contributed by atoms with Crippen LogP contribution in [0.1, 0.15) is 18.9 Å². The predicted octanol–water partition coefficient (Wildman–Crippen LogP) is 3.31. The second kappa shape index (κ2) is 11.5. The summed E-state index contributed by atoms with van der Waals surface area (Å²) in [4.78, 5) is 29.9. The van der Waals surface area contributed by atoms with E-state index >= 15 is 0 Å². The monoisotopic (exact) mass is 517 g/mol. The van der Waals surface area contributed by atoms with Gasteiger partial charge in [0.1, 0.15) is 23.8 Å². The van der Waals surface area contributed by atoms with E-state index in [0.29, 0.717) is 50.0 Å². The van der Waals surface area contributed by atoms with Crippen molar-refractivity contribution in [3.8, 4) is 22.6 Å². The maximum Gasteiger partial charge on any atom is 0.415 e. The van der Waals surface area contributed by atoms with Crippen molar-refractivity contribution >= 4 is 23.6 Å². The Kier molecular flexibility index (Phi) is 7.71. The molecule has 0 aliphatic carbocycles. The zero-order valence-corrected chi connectivity index (χ0v) is 21.2. The first-order chi connectivity index (χ1) is 18.5. The summed E-state index contributed by atoms with van der Waals surface area (Å²) in [5, 5.41) is 6.10. The molecule has 5 rings (SSSR count). The Balaban J connectivity index is 1.12. The molecule has 2 unspecified atom stereocenters. The number of anilines is 2. The van der Waals surface area contributed by atoms with Gasteiger partial charge in [0.2, 0.25) is 0 Å². The first kappa shape index (κ1) is 25.5. The number of nitrogens with zero attached hydrogens (tertiary/aromatic N) is 2. The summed E-state index contributed by atoms with van der Waals surface area (Å²) in [5.74, 6) is 1.73. The van der Waals surface area contributed by atoms with Gasteiger partial charge in [-0.2, -0.15) is 0 Å². The number of carbonyl (C=O) groups excluding carboxylic acids is 2. The zero-order valence-electron chi connectivity index (χ0n) is 21.2. The van der Waals surface area contributed by atoms with Crippen molar-refractivity contribution in [1.29, 1.82) is 0 Å². The van der Waals surface area contributed by atoms with Crippen LogP contribution >= 0.6 is 0 Å². The van der Waals surface area contributed by atoms with Crippen molar-refractivity contribution in [1.82, 2.24) is 10.3 Å². The summed E-state index contributed by atoms with van der Waals surface area (Å²) in [6.07, 6.45) is -0.0988. The second-order valence-corrected chi connectivity index (χ2v) is 9.33.